The van der Waals surface area contributed by atoms with Crippen molar-refractivity contribution in [3.8, 4) is 17.3 Å². The lowest BCUT2D eigenvalue weighted by molar-refractivity contribution is 0.775. The number of hydrogen-bond acceptors (Lipinski definition) is 3. The summed E-state index contributed by atoms with van der Waals surface area (Å²) >= 11 is 0. The lowest BCUT2D eigenvalue weighted by Crippen LogP contribution is -1.94. The molecule has 0 unspecified atom stereocenters. The summed E-state index contributed by atoms with van der Waals surface area (Å²) in [7, 11) is 1.82. The van der Waals surface area contributed by atoms with Gasteiger partial charge in [0.1, 0.15) is 6.07 Å². The largest absolute Gasteiger partial charge is 0.268 e. The van der Waals surface area contributed by atoms with Crippen molar-refractivity contribution in [3.63, 3.8) is 0 Å². The van der Waals surface area contributed by atoms with Crippen LogP contribution in [0, 0.1) is 11.3 Å². The second kappa shape index (κ2) is 5.19. The molecule has 0 aromatic carbocycles. The SMILES string of the molecule is C=C/C=C(\C=C)n1cc(-c2ccnn2C)c(C#N)n1. The molecule has 2 rings (SSSR count). The topological polar surface area (TPSA) is 59.4 Å². The highest BCUT2D eigenvalue weighted by Gasteiger charge is 2.14. The maximum Gasteiger partial charge on any atom is 0.172 e. The van der Waals surface area contributed by atoms with Gasteiger partial charge in [-0.05, 0) is 18.2 Å². The Hall–Kier alpha value is -2.87. The van der Waals surface area contributed by atoms with Crippen LogP contribution in [-0.4, -0.2) is 19.6 Å². The van der Waals surface area contributed by atoms with E-state index in [1.165, 1.54) is 0 Å². The molecule has 0 aliphatic carbocycles. The lowest BCUT2D eigenvalue weighted by Gasteiger charge is -1.99. The third kappa shape index (κ3) is 2.24. The smallest absolute Gasteiger partial charge is 0.172 e. The molecule has 0 aliphatic heterocycles. The van der Waals surface area contributed by atoms with Crippen LogP contribution in [0.2, 0.25) is 0 Å². The summed E-state index contributed by atoms with van der Waals surface area (Å²) in [5.41, 5.74) is 2.67. The maximum atomic E-state index is 9.18. The first kappa shape index (κ1) is 12.6. The number of aryl methyl sites for hydroxylation is 1. The fraction of sp³-hybridized carbons (Fsp3) is 0.0714. The van der Waals surface area contributed by atoms with Crippen molar-refractivity contribution in [1.82, 2.24) is 19.6 Å². The Morgan fingerprint density at radius 3 is 2.79 bits per heavy atom. The molecule has 19 heavy (non-hydrogen) atoms. The van der Waals surface area contributed by atoms with E-state index >= 15 is 0 Å². The van der Waals surface area contributed by atoms with Gasteiger partial charge in [-0.25, -0.2) is 4.68 Å². The van der Waals surface area contributed by atoms with Crippen molar-refractivity contribution in [2.75, 3.05) is 0 Å². The Labute approximate surface area is 111 Å². The average molecular weight is 251 g/mol. The van der Waals surface area contributed by atoms with Crippen molar-refractivity contribution >= 4 is 5.70 Å². The molecular weight excluding hydrogens is 238 g/mol. The van der Waals surface area contributed by atoms with E-state index in [0.29, 0.717) is 5.69 Å². The van der Waals surface area contributed by atoms with Gasteiger partial charge in [-0.1, -0.05) is 19.2 Å². The predicted molar refractivity (Wildman–Crippen MR) is 73.8 cm³/mol. The molecule has 2 heterocycles. The lowest BCUT2D eigenvalue weighted by atomic mass is 10.2. The van der Waals surface area contributed by atoms with Crippen LogP contribution in [0.5, 0.6) is 0 Å². The van der Waals surface area contributed by atoms with Gasteiger partial charge in [-0.3, -0.25) is 4.68 Å². The minimum absolute atomic E-state index is 0.348. The zero-order valence-corrected chi connectivity index (χ0v) is 10.6. The molecule has 0 atom stereocenters. The fourth-order valence-electron chi connectivity index (χ4n) is 1.77. The number of hydrogen-bond donors (Lipinski definition) is 0. The highest BCUT2D eigenvalue weighted by atomic mass is 15.3. The first-order valence-corrected chi connectivity index (χ1v) is 5.65. The molecule has 0 amide bonds. The van der Waals surface area contributed by atoms with Crippen molar-refractivity contribution in [2.24, 2.45) is 7.05 Å². The summed E-state index contributed by atoms with van der Waals surface area (Å²) in [4.78, 5) is 0. The Balaban J connectivity index is 2.59. The normalized spacial score (nSPS) is 11.1. The van der Waals surface area contributed by atoms with Crippen LogP contribution in [-0.2, 0) is 7.05 Å². The highest BCUT2D eigenvalue weighted by Crippen LogP contribution is 2.23. The maximum absolute atomic E-state index is 9.18. The monoisotopic (exact) mass is 251 g/mol. The van der Waals surface area contributed by atoms with Crippen LogP contribution in [0.4, 0.5) is 0 Å². The molecule has 0 bridgehead atoms. The minimum Gasteiger partial charge on any atom is -0.268 e. The Morgan fingerprint density at radius 2 is 2.26 bits per heavy atom. The molecule has 0 aliphatic rings. The van der Waals surface area contributed by atoms with Gasteiger partial charge in [0, 0.05) is 19.4 Å². The molecule has 5 heteroatoms. The number of allylic oxidation sites excluding steroid dienone is 4. The van der Waals surface area contributed by atoms with E-state index in [9.17, 15) is 5.26 Å². The number of nitriles is 1. The first-order chi connectivity index (χ1) is 9.21. The molecule has 0 saturated heterocycles. The molecule has 5 nitrogen and oxygen atoms in total. The second-order valence-corrected chi connectivity index (χ2v) is 3.82. The zero-order chi connectivity index (χ0) is 13.8. The summed E-state index contributed by atoms with van der Waals surface area (Å²) < 4.78 is 3.31. The molecule has 0 fully saturated rings. The standard InChI is InChI=1S/C14H13N5/c1-4-6-11(5-2)19-10-12(13(9-15)17-19)14-7-8-16-18(14)3/h4-8,10H,1-2H2,3H3/b11-6+. The summed E-state index contributed by atoms with van der Waals surface area (Å²) in [5.74, 6) is 0. The molecule has 2 aromatic rings. The van der Waals surface area contributed by atoms with E-state index in [1.807, 2.05) is 13.1 Å². The van der Waals surface area contributed by atoms with Crippen LogP contribution < -0.4 is 0 Å². The Kier molecular flexibility index (Phi) is 3.44. The molecule has 0 radical (unpaired) electrons. The van der Waals surface area contributed by atoms with Gasteiger partial charge in [-0.2, -0.15) is 15.5 Å². The van der Waals surface area contributed by atoms with Gasteiger partial charge in [-0.15, -0.1) is 0 Å². The van der Waals surface area contributed by atoms with Crippen LogP contribution >= 0.6 is 0 Å². The third-order valence-electron chi connectivity index (χ3n) is 2.68. The molecule has 0 N–H and O–H groups in total. The van der Waals surface area contributed by atoms with Gasteiger partial charge in [0.2, 0.25) is 0 Å². The van der Waals surface area contributed by atoms with Crippen LogP contribution in [0.3, 0.4) is 0 Å². The zero-order valence-electron chi connectivity index (χ0n) is 10.6. The van der Waals surface area contributed by atoms with Gasteiger partial charge in [0.05, 0.1) is 17.0 Å². The molecule has 0 spiro atoms. The van der Waals surface area contributed by atoms with Crippen molar-refractivity contribution in [1.29, 1.82) is 5.26 Å². The van der Waals surface area contributed by atoms with Crippen LogP contribution in [0.1, 0.15) is 5.69 Å². The first-order valence-electron chi connectivity index (χ1n) is 5.65. The van der Waals surface area contributed by atoms with E-state index in [4.69, 9.17) is 0 Å². The summed E-state index contributed by atoms with van der Waals surface area (Å²) in [6, 6.07) is 3.93. The Bertz CT molecular complexity index is 694. The van der Waals surface area contributed by atoms with Crippen molar-refractivity contribution < 1.29 is 0 Å². The number of nitrogens with zero attached hydrogens (tertiary/aromatic N) is 5. The summed E-state index contributed by atoms with van der Waals surface area (Å²) in [6.45, 7) is 7.37. The van der Waals surface area contributed by atoms with Crippen LogP contribution in [0.25, 0.3) is 17.0 Å². The van der Waals surface area contributed by atoms with Gasteiger partial charge < -0.3 is 0 Å². The summed E-state index contributed by atoms with van der Waals surface area (Å²) in [6.07, 6.45) is 8.54. The van der Waals surface area contributed by atoms with E-state index in [0.717, 1.165) is 17.0 Å². The van der Waals surface area contributed by atoms with Gasteiger partial charge >= 0.3 is 0 Å². The van der Waals surface area contributed by atoms with E-state index in [-0.39, 0.29) is 0 Å². The minimum atomic E-state index is 0.348. The van der Waals surface area contributed by atoms with Crippen LogP contribution in [0.15, 0.2) is 49.8 Å². The van der Waals surface area contributed by atoms with E-state index < -0.39 is 0 Å². The van der Waals surface area contributed by atoms with Crippen molar-refractivity contribution in [2.45, 2.75) is 0 Å². The number of aromatic nitrogens is 4. The van der Waals surface area contributed by atoms with Gasteiger partial charge in [0.15, 0.2) is 5.69 Å². The van der Waals surface area contributed by atoms with E-state index in [2.05, 4.69) is 29.4 Å². The molecule has 0 saturated carbocycles. The average Bonchev–Trinajstić information content (AvgIpc) is 3.01. The quantitative estimate of drug-likeness (QED) is 0.784. The Morgan fingerprint density at radius 1 is 1.47 bits per heavy atom. The molecule has 94 valence electrons. The highest BCUT2D eigenvalue weighted by molar-refractivity contribution is 5.68. The molecule has 2 aromatic heterocycles. The second-order valence-electron chi connectivity index (χ2n) is 3.82. The van der Waals surface area contributed by atoms with Crippen molar-refractivity contribution in [3.05, 3.63) is 55.5 Å². The fourth-order valence-corrected chi connectivity index (χ4v) is 1.77. The van der Waals surface area contributed by atoms with E-state index in [1.54, 1.807) is 40.0 Å². The number of rotatable bonds is 4. The summed E-state index contributed by atoms with van der Waals surface area (Å²) in [5, 5.41) is 17.5. The van der Waals surface area contributed by atoms with Gasteiger partial charge in [0.25, 0.3) is 0 Å². The predicted octanol–water partition coefficient (Wildman–Crippen LogP) is 2.37. The molecular formula is C14H13N5. The third-order valence-corrected chi connectivity index (χ3v) is 2.68.